The van der Waals surface area contributed by atoms with Crippen molar-refractivity contribution in [3.8, 4) is 0 Å². The minimum atomic E-state index is -0.504. The molecule has 2 aromatic heterocycles. The molecule has 0 aromatic carbocycles. The molecule has 0 spiro atoms. The minimum Gasteiger partial charge on any atom is -0.366 e. The van der Waals surface area contributed by atoms with Crippen molar-refractivity contribution in [2.75, 3.05) is 0 Å². The number of aryl methyl sites for hydroxylation is 1. The first-order chi connectivity index (χ1) is 8.49. The highest BCUT2D eigenvalue weighted by molar-refractivity contribution is 5.92. The second kappa shape index (κ2) is 4.61. The molecule has 0 aliphatic carbocycles. The zero-order valence-electron chi connectivity index (χ0n) is 10.3. The molecule has 2 atom stereocenters. The summed E-state index contributed by atoms with van der Waals surface area (Å²) in [7, 11) is 1.83. The summed E-state index contributed by atoms with van der Waals surface area (Å²) in [6.07, 6.45) is 6.65. The Morgan fingerprint density at radius 2 is 2.06 bits per heavy atom. The Morgan fingerprint density at radius 1 is 1.33 bits per heavy atom. The minimum absolute atomic E-state index is 0.171. The number of nitrogens with two attached hydrogens (primary N) is 2. The van der Waals surface area contributed by atoms with Crippen molar-refractivity contribution >= 4 is 5.91 Å². The lowest BCUT2D eigenvalue weighted by atomic mass is 10.1. The first-order valence-corrected chi connectivity index (χ1v) is 5.57. The molecule has 1 amide bonds. The Labute approximate surface area is 104 Å². The van der Waals surface area contributed by atoms with E-state index >= 15 is 0 Å². The van der Waals surface area contributed by atoms with Crippen LogP contribution in [0.25, 0.3) is 0 Å². The average molecular weight is 248 g/mol. The summed E-state index contributed by atoms with van der Waals surface area (Å²) in [5.41, 5.74) is 12.5. The number of carbonyl (C=O) groups is 1. The normalized spacial score (nSPS) is 14.4. The van der Waals surface area contributed by atoms with Crippen LogP contribution in [-0.4, -0.2) is 31.5 Å². The number of primary amides is 1. The molecule has 96 valence electrons. The standard InChI is InChI=1S/C11H16N6O/c1-7(12)10(8-3-14-16(2)5-8)17-6-9(4-15-17)11(13)18/h3-7,10H,12H2,1-2H3,(H2,13,18). The number of rotatable bonds is 4. The summed E-state index contributed by atoms with van der Waals surface area (Å²) in [5, 5.41) is 8.26. The Kier molecular flexibility index (Phi) is 3.15. The second-order valence-electron chi connectivity index (χ2n) is 4.32. The van der Waals surface area contributed by atoms with Gasteiger partial charge in [0.2, 0.25) is 0 Å². The van der Waals surface area contributed by atoms with Crippen molar-refractivity contribution in [3.05, 3.63) is 35.9 Å². The van der Waals surface area contributed by atoms with E-state index in [2.05, 4.69) is 10.2 Å². The van der Waals surface area contributed by atoms with Gasteiger partial charge in [-0.05, 0) is 6.92 Å². The second-order valence-corrected chi connectivity index (χ2v) is 4.32. The van der Waals surface area contributed by atoms with Gasteiger partial charge in [-0.2, -0.15) is 10.2 Å². The molecule has 0 saturated heterocycles. The number of hydrogen-bond donors (Lipinski definition) is 2. The highest BCUT2D eigenvalue weighted by atomic mass is 16.1. The van der Waals surface area contributed by atoms with Crippen LogP contribution in [-0.2, 0) is 7.05 Å². The van der Waals surface area contributed by atoms with E-state index in [-0.39, 0.29) is 12.1 Å². The van der Waals surface area contributed by atoms with Gasteiger partial charge >= 0.3 is 0 Å². The maximum Gasteiger partial charge on any atom is 0.251 e. The third-order valence-electron chi connectivity index (χ3n) is 2.74. The van der Waals surface area contributed by atoms with Gasteiger partial charge in [-0.1, -0.05) is 0 Å². The van der Waals surface area contributed by atoms with E-state index in [1.165, 1.54) is 6.20 Å². The lowest BCUT2D eigenvalue weighted by Gasteiger charge is -2.19. The van der Waals surface area contributed by atoms with Crippen molar-refractivity contribution < 1.29 is 4.79 Å². The average Bonchev–Trinajstić information content (AvgIpc) is 2.88. The molecule has 0 bridgehead atoms. The fraction of sp³-hybridized carbons (Fsp3) is 0.364. The van der Waals surface area contributed by atoms with Crippen molar-refractivity contribution in [1.29, 1.82) is 0 Å². The molecule has 0 saturated carbocycles. The van der Waals surface area contributed by atoms with E-state index in [4.69, 9.17) is 11.5 Å². The Hall–Kier alpha value is -2.15. The highest BCUT2D eigenvalue weighted by Gasteiger charge is 2.21. The third kappa shape index (κ3) is 2.25. The zero-order chi connectivity index (χ0) is 13.3. The van der Waals surface area contributed by atoms with E-state index < -0.39 is 5.91 Å². The zero-order valence-corrected chi connectivity index (χ0v) is 10.3. The summed E-state index contributed by atoms with van der Waals surface area (Å²) in [6.45, 7) is 1.88. The van der Waals surface area contributed by atoms with Crippen LogP contribution in [0.1, 0.15) is 28.9 Å². The van der Waals surface area contributed by atoms with Gasteiger partial charge in [-0.3, -0.25) is 14.2 Å². The van der Waals surface area contributed by atoms with Gasteiger partial charge in [-0.15, -0.1) is 0 Å². The van der Waals surface area contributed by atoms with Crippen LogP contribution in [0.2, 0.25) is 0 Å². The molecule has 4 N–H and O–H groups in total. The first-order valence-electron chi connectivity index (χ1n) is 5.57. The van der Waals surface area contributed by atoms with E-state index in [1.54, 1.807) is 21.8 Å². The van der Waals surface area contributed by atoms with Gasteiger partial charge in [0.15, 0.2) is 0 Å². The van der Waals surface area contributed by atoms with Crippen LogP contribution < -0.4 is 11.5 Å². The topological polar surface area (TPSA) is 105 Å². The number of amides is 1. The summed E-state index contributed by atoms with van der Waals surface area (Å²) < 4.78 is 3.34. The predicted octanol–water partition coefficient (Wildman–Crippen LogP) is -0.348. The molecule has 2 unspecified atom stereocenters. The number of hydrogen-bond acceptors (Lipinski definition) is 4. The monoisotopic (exact) mass is 248 g/mol. The van der Waals surface area contributed by atoms with Crippen LogP contribution in [0, 0.1) is 0 Å². The fourth-order valence-electron chi connectivity index (χ4n) is 1.91. The van der Waals surface area contributed by atoms with Gasteiger partial charge in [-0.25, -0.2) is 0 Å². The van der Waals surface area contributed by atoms with Crippen molar-refractivity contribution in [2.45, 2.75) is 19.0 Å². The molecule has 2 aromatic rings. The third-order valence-corrected chi connectivity index (χ3v) is 2.74. The van der Waals surface area contributed by atoms with Crippen LogP contribution >= 0.6 is 0 Å². The maximum atomic E-state index is 11.1. The van der Waals surface area contributed by atoms with E-state index in [0.717, 1.165) is 5.56 Å². The van der Waals surface area contributed by atoms with Crippen molar-refractivity contribution in [1.82, 2.24) is 19.6 Å². The molecule has 7 nitrogen and oxygen atoms in total. The summed E-state index contributed by atoms with van der Waals surface area (Å²) >= 11 is 0. The smallest absolute Gasteiger partial charge is 0.251 e. The lowest BCUT2D eigenvalue weighted by molar-refractivity contribution is 0.1000. The molecular weight excluding hydrogens is 232 g/mol. The molecule has 0 radical (unpaired) electrons. The molecule has 2 heterocycles. The van der Waals surface area contributed by atoms with Gasteiger partial charge in [0.25, 0.3) is 5.91 Å². The fourth-order valence-corrected chi connectivity index (χ4v) is 1.91. The molecular formula is C11H16N6O. The Balaban J connectivity index is 2.38. The summed E-state index contributed by atoms with van der Waals surface area (Å²) in [4.78, 5) is 11.1. The molecule has 7 heteroatoms. The maximum absolute atomic E-state index is 11.1. The summed E-state index contributed by atoms with van der Waals surface area (Å²) in [6, 6.07) is -0.346. The lowest BCUT2D eigenvalue weighted by Crippen LogP contribution is -2.30. The quantitative estimate of drug-likeness (QED) is 0.771. The molecule has 18 heavy (non-hydrogen) atoms. The van der Waals surface area contributed by atoms with Gasteiger partial charge < -0.3 is 11.5 Å². The Morgan fingerprint density at radius 3 is 2.50 bits per heavy atom. The van der Waals surface area contributed by atoms with Crippen molar-refractivity contribution in [2.24, 2.45) is 18.5 Å². The van der Waals surface area contributed by atoms with E-state index in [0.29, 0.717) is 5.56 Å². The van der Waals surface area contributed by atoms with Crippen molar-refractivity contribution in [3.63, 3.8) is 0 Å². The largest absolute Gasteiger partial charge is 0.366 e. The van der Waals surface area contributed by atoms with Crippen LogP contribution in [0.5, 0.6) is 0 Å². The van der Waals surface area contributed by atoms with Gasteiger partial charge in [0.05, 0.1) is 24.0 Å². The first kappa shape index (κ1) is 12.3. The van der Waals surface area contributed by atoms with Gasteiger partial charge in [0.1, 0.15) is 0 Å². The predicted molar refractivity (Wildman–Crippen MR) is 65.7 cm³/mol. The SMILES string of the molecule is CC(N)C(c1cnn(C)c1)n1cc(C(N)=O)cn1. The Bertz CT molecular complexity index is 555. The van der Waals surface area contributed by atoms with E-state index in [9.17, 15) is 4.79 Å². The van der Waals surface area contributed by atoms with Crippen LogP contribution in [0.4, 0.5) is 0 Å². The van der Waals surface area contributed by atoms with Gasteiger partial charge in [0, 0.05) is 31.0 Å². The molecule has 0 aliphatic rings. The summed E-state index contributed by atoms with van der Waals surface area (Å²) in [5.74, 6) is -0.504. The molecule has 0 fully saturated rings. The molecule has 0 aliphatic heterocycles. The van der Waals surface area contributed by atoms with Crippen LogP contribution in [0.15, 0.2) is 24.8 Å². The van der Waals surface area contributed by atoms with Crippen LogP contribution in [0.3, 0.4) is 0 Å². The number of carbonyl (C=O) groups excluding carboxylic acids is 1. The van der Waals surface area contributed by atoms with E-state index in [1.807, 2.05) is 20.2 Å². The molecule has 2 rings (SSSR count). The highest BCUT2D eigenvalue weighted by Crippen LogP contribution is 2.20. The number of nitrogens with zero attached hydrogens (tertiary/aromatic N) is 4. The number of aromatic nitrogens is 4.